The molecule has 1 aromatic rings. The van der Waals surface area contributed by atoms with Crippen LogP contribution in [0.4, 0.5) is 4.79 Å². The third-order valence-corrected chi connectivity index (χ3v) is 5.22. The Bertz CT molecular complexity index is 966. The number of carbonyl (C=O) groups excluding carboxylic acids is 5. The molecule has 13 heteroatoms. The van der Waals surface area contributed by atoms with E-state index in [1.165, 1.54) is 24.3 Å². The molecular formula is C20H23N5O8. The average molecular weight is 461 g/mol. The molecule has 0 aliphatic carbocycles. The van der Waals surface area contributed by atoms with Crippen LogP contribution in [-0.2, 0) is 19.2 Å². The Balaban J connectivity index is 1.80. The number of amides is 5. The highest BCUT2D eigenvalue weighted by Gasteiger charge is 2.44. The Kier molecular flexibility index (Phi) is 7.10. The van der Waals surface area contributed by atoms with Gasteiger partial charge in [0.15, 0.2) is 0 Å². The quantitative estimate of drug-likeness (QED) is 0.383. The predicted octanol–water partition coefficient (Wildman–Crippen LogP) is -0.771. The van der Waals surface area contributed by atoms with E-state index in [9.17, 15) is 33.9 Å². The summed E-state index contributed by atoms with van der Waals surface area (Å²) in [6.45, 7) is 0.0408. The number of phenols is 1. The molecular weight excluding hydrogens is 438 g/mol. The van der Waals surface area contributed by atoms with Gasteiger partial charge in [-0.3, -0.25) is 24.6 Å². The lowest BCUT2D eigenvalue weighted by Crippen LogP contribution is -2.64. The number of rotatable bonds is 7. The van der Waals surface area contributed by atoms with Gasteiger partial charge >= 0.3 is 12.0 Å². The summed E-state index contributed by atoms with van der Waals surface area (Å²) in [5.41, 5.74) is 2.57. The monoisotopic (exact) mass is 461 g/mol. The fourth-order valence-electron chi connectivity index (χ4n) is 3.62. The molecule has 2 atom stereocenters. The predicted molar refractivity (Wildman–Crippen MR) is 109 cm³/mol. The number of benzene rings is 1. The van der Waals surface area contributed by atoms with Gasteiger partial charge in [-0.25, -0.2) is 19.8 Å². The minimum Gasteiger partial charge on any atom is -0.508 e. The minimum atomic E-state index is -1.30. The highest BCUT2D eigenvalue weighted by atomic mass is 16.4. The number of nitrogens with one attached hydrogen (secondary N) is 2. The van der Waals surface area contributed by atoms with Crippen LogP contribution in [0.2, 0.25) is 0 Å². The normalized spacial score (nSPS) is 19.3. The number of carboxylic acid groups (broad SMARTS) is 1. The zero-order chi connectivity index (χ0) is 24.1. The first kappa shape index (κ1) is 23.5. The summed E-state index contributed by atoms with van der Waals surface area (Å²) in [5.74, 6) is -3.21. The smallest absolute Gasteiger partial charge is 0.358 e. The molecule has 4 N–H and O–H groups in total. The number of aliphatic carboxylic acids is 1. The van der Waals surface area contributed by atoms with E-state index >= 15 is 0 Å². The number of aldehydes is 1. The van der Waals surface area contributed by atoms with Gasteiger partial charge in [0.05, 0.1) is 19.0 Å². The van der Waals surface area contributed by atoms with Crippen LogP contribution in [0.5, 0.6) is 5.75 Å². The second-order valence-corrected chi connectivity index (χ2v) is 7.54. The van der Waals surface area contributed by atoms with E-state index in [0.717, 1.165) is 15.0 Å². The van der Waals surface area contributed by atoms with Crippen LogP contribution in [-0.4, -0.2) is 86.4 Å². The second-order valence-electron chi connectivity index (χ2n) is 7.54. The third-order valence-electron chi connectivity index (χ3n) is 5.22. The molecule has 1 aromatic carbocycles. The Labute approximate surface area is 187 Å². The van der Waals surface area contributed by atoms with E-state index < -0.39 is 48.2 Å². The van der Waals surface area contributed by atoms with Crippen molar-refractivity contribution < 1.29 is 39.0 Å². The van der Waals surface area contributed by atoms with Gasteiger partial charge in [0.1, 0.15) is 18.1 Å². The fourth-order valence-corrected chi connectivity index (χ4v) is 3.62. The molecule has 0 radical (unpaired) electrons. The van der Waals surface area contributed by atoms with Crippen LogP contribution < -0.4 is 10.7 Å². The molecule has 3 rings (SSSR count). The zero-order valence-corrected chi connectivity index (χ0v) is 17.5. The molecule has 2 aliphatic rings. The Hall–Kier alpha value is -4.16. The van der Waals surface area contributed by atoms with E-state index in [1.807, 2.05) is 0 Å². The standard InChI is InChI=1S/C20H23N5O8/c26-11-13(10-17(29)30)21-19(32)15-2-1-8-24-16(28)7-9-23(20(33)25(15)24)22-18(31)12-3-5-14(27)6-4-12/h3-6,11,13,15,27H,1-2,7-10H2,(H,21,32)(H,22,31)(H,29,30)/t13-,15-/m0/s1. The van der Waals surface area contributed by atoms with Crippen molar-refractivity contribution >= 4 is 36.0 Å². The van der Waals surface area contributed by atoms with Gasteiger partial charge in [-0.05, 0) is 37.1 Å². The lowest BCUT2D eigenvalue weighted by atomic mass is 10.1. The van der Waals surface area contributed by atoms with Gasteiger partial charge in [0, 0.05) is 18.5 Å². The first-order valence-corrected chi connectivity index (χ1v) is 10.2. The molecule has 5 amide bonds. The van der Waals surface area contributed by atoms with Crippen molar-refractivity contribution in [3.05, 3.63) is 29.8 Å². The average Bonchev–Trinajstić information content (AvgIpc) is 2.90. The number of fused-ring (bicyclic) bond motifs is 1. The summed E-state index contributed by atoms with van der Waals surface area (Å²) in [6.07, 6.45) is 0.111. The number of phenolic OH excluding ortho intramolecular Hbond substituents is 1. The number of aromatic hydroxyl groups is 1. The second kappa shape index (κ2) is 9.97. The molecule has 33 heavy (non-hydrogen) atoms. The number of carbonyl (C=O) groups is 6. The molecule has 0 bridgehead atoms. The molecule has 2 heterocycles. The maximum absolute atomic E-state index is 13.3. The van der Waals surface area contributed by atoms with Crippen LogP contribution in [0.1, 0.15) is 36.0 Å². The highest BCUT2D eigenvalue weighted by Crippen LogP contribution is 2.24. The van der Waals surface area contributed by atoms with E-state index in [1.54, 1.807) is 0 Å². The first-order valence-electron chi connectivity index (χ1n) is 10.2. The molecule has 2 saturated heterocycles. The maximum atomic E-state index is 13.3. The van der Waals surface area contributed by atoms with Crippen molar-refractivity contribution in [1.82, 2.24) is 25.8 Å². The van der Waals surface area contributed by atoms with Crippen LogP contribution in [0.15, 0.2) is 24.3 Å². The van der Waals surface area contributed by atoms with Crippen molar-refractivity contribution in [1.29, 1.82) is 0 Å². The van der Waals surface area contributed by atoms with Gasteiger partial charge in [-0.15, -0.1) is 0 Å². The van der Waals surface area contributed by atoms with Gasteiger partial charge in [-0.2, -0.15) is 0 Å². The molecule has 0 aromatic heterocycles. The third kappa shape index (κ3) is 5.37. The summed E-state index contributed by atoms with van der Waals surface area (Å²) in [6, 6.07) is 2.00. The van der Waals surface area contributed by atoms with Crippen molar-refractivity contribution in [3.8, 4) is 5.75 Å². The van der Waals surface area contributed by atoms with Crippen molar-refractivity contribution in [2.45, 2.75) is 37.8 Å². The van der Waals surface area contributed by atoms with E-state index in [2.05, 4.69) is 10.7 Å². The van der Waals surface area contributed by atoms with Crippen molar-refractivity contribution in [2.75, 3.05) is 13.1 Å². The molecule has 2 aliphatic heterocycles. The Morgan fingerprint density at radius 1 is 1.15 bits per heavy atom. The molecule has 13 nitrogen and oxygen atoms in total. The molecule has 176 valence electrons. The lowest BCUT2D eigenvalue weighted by molar-refractivity contribution is -0.155. The van der Waals surface area contributed by atoms with Crippen LogP contribution in [0, 0.1) is 0 Å². The number of nitrogens with zero attached hydrogens (tertiary/aromatic N) is 3. The SMILES string of the molecule is O=C[C@H](CC(=O)O)NC(=O)[C@@H]1CCCN2C(=O)CCN(NC(=O)c3ccc(O)cc3)C(=O)N12. The van der Waals surface area contributed by atoms with E-state index in [-0.39, 0.29) is 43.5 Å². The fraction of sp³-hybridized carbons (Fsp3) is 0.400. The summed E-state index contributed by atoms with van der Waals surface area (Å²) in [4.78, 5) is 73.3. The maximum Gasteiger partial charge on any atom is 0.358 e. The molecule has 0 saturated carbocycles. The van der Waals surface area contributed by atoms with Crippen LogP contribution in [0.3, 0.4) is 0 Å². The summed E-state index contributed by atoms with van der Waals surface area (Å²) < 4.78 is 0. The van der Waals surface area contributed by atoms with E-state index in [4.69, 9.17) is 5.11 Å². The molecule has 0 unspecified atom stereocenters. The number of hydrogen-bond acceptors (Lipinski definition) is 7. The van der Waals surface area contributed by atoms with Gasteiger partial charge in [-0.1, -0.05) is 0 Å². The van der Waals surface area contributed by atoms with Gasteiger partial charge < -0.3 is 20.3 Å². The van der Waals surface area contributed by atoms with Crippen LogP contribution in [0.25, 0.3) is 0 Å². The van der Waals surface area contributed by atoms with Crippen LogP contribution >= 0.6 is 0 Å². The van der Waals surface area contributed by atoms with Crippen molar-refractivity contribution in [3.63, 3.8) is 0 Å². The summed E-state index contributed by atoms with van der Waals surface area (Å²) in [7, 11) is 0. The molecule has 2 fully saturated rings. The lowest BCUT2D eigenvalue weighted by Gasteiger charge is -2.42. The number of hydrazine groups is 2. The number of urea groups is 1. The Morgan fingerprint density at radius 3 is 2.48 bits per heavy atom. The van der Waals surface area contributed by atoms with Crippen molar-refractivity contribution in [2.24, 2.45) is 0 Å². The topological polar surface area (TPSA) is 177 Å². The largest absolute Gasteiger partial charge is 0.508 e. The summed E-state index contributed by atoms with van der Waals surface area (Å²) in [5, 5.41) is 23.5. The first-order chi connectivity index (χ1) is 15.7. The number of carboxylic acids is 1. The minimum absolute atomic E-state index is 0.0441. The van der Waals surface area contributed by atoms with Gasteiger partial charge in [0.25, 0.3) is 5.91 Å². The van der Waals surface area contributed by atoms with Gasteiger partial charge in [0.2, 0.25) is 11.8 Å². The molecule has 0 spiro atoms. The Morgan fingerprint density at radius 2 is 1.85 bits per heavy atom. The number of hydrogen-bond donors (Lipinski definition) is 4. The van der Waals surface area contributed by atoms with E-state index in [0.29, 0.717) is 6.42 Å². The highest BCUT2D eigenvalue weighted by molar-refractivity contribution is 5.97. The zero-order valence-electron chi connectivity index (χ0n) is 17.5. The summed E-state index contributed by atoms with van der Waals surface area (Å²) >= 11 is 0.